The number of aromatic nitrogens is 1. The molecule has 1 atom stereocenters. The van der Waals surface area contributed by atoms with E-state index in [-0.39, 0.29) is 5.92 Å². The molecule has 0 saturated heterocycles. The third kappa shape index (κ3) is 3.98. The van der Waals surface area contributed by atoms with Gasteiger partial charge < -0.3 is 15.2 Å². The lowest BCUT2D eigenvalue weighted by Gasteiger charge is -2.28. The molecule has 1 rings (SSSR count). The molecule has 1 unspecified atom stereocenters. The topological polar surface area (TPSA) is 54.4 Å². The monoisotopic (exact) mass is 238 g/mol. The summed E-state index contributed by atoms with van der Waals surface area (Å²) < 4.78 is 5.16. The van der Waals surface area contributed by atoms with Gasteiger partial charge in [0, 0.05) is 24.8 Å². The van der Waals surface area contributed by atoms with Crippen molar-refractivity contribution < 1.29 is 9.84 Å². The highest BCUT2D eigenvalue weighted by molar-refractivity contribution is 5.24. The third-order valence-electron chi connectivity index (χ3n) is 3.09. The largest absolute Gasteiger partial charge is 0.481 e. The van der Waals surface area contributed by atoms with Crippen molar-refractivity contribution in [3.63, 3.8) is 0 Å². The Balaban J connectivity index is 2.51. The summed E-state index contributed by atoms with van der Waals surface area (Å²) >= 11 is 0. The van der Waals surface area contributed by atoms with Crippen molar-refractivity contribution in [2.45, 2.75) is 32.9 Å². The number of methoxy groups -OCH3 is 1. The van der Waals surface area contributed by atoms with Gasteiger partial charge in [-0.05, 0) is 18.9 Å². The minimum atomic E-state index is -0.699. The van der Waals surface area contributed by atoms with Gasteiger partial charge in [-0.15, -0.1) is 0 Å². The Kier molecular flexibility index (Phi) is 4.90. The van der Waals surface area contributed by atoms with E-state index in [1.807, 2.05) is 32.9 Å². The Bertz CT molecular complexity index is 351. The molecule has 2 N–H and O–H groups in total. The van der Waals surface area contributed by atoms with E-state index in [0.29, 0.717) is 19.0 Å². The summed E-state index contributed by atoms with van der Waals surface area (Å²) in [5.74, 6) is 0.843. The molecule has 0 fully saturated rings. The van der Waals surface area contributed by atoms with E-state index in [0.717, 1.165) is 5.56 Å². The van der Waals surface area contributed by atoms with Gasteiger partial charge in [-0.1, -0.05) is 19.9 Å². The van der Waals surface area contributed by atoms with Crippen molar-refractivity contribution in [1.29, 1.82) is 0 Å². The maximum atomic E-state index is 10.1. The average molecular weight is 238 g/mol. The summed E-state index contributed by atoms with van der Waals surface area (Å²) in [6, 6.07) is 3.84. The molecule has 1 heterocycles. The van der Waals surface area contributed by atoms with Gasteiger partial charge >= 0.3 is 0 Å². The molecular formula is C13H22N2O2. The molecule has 17 heavy (non-hydrogen) atoms. The molecule has 1 aromatic rings. The molecule has 1 aromatic heterocycles. The van der Waals surface area contributed by atoms with Crippen molar-refractivity contribution in [3.05, 3.63) is 23.9 Å². The molecule has 0 bridgehead atoms. The van der Waals surface area contributed by atoms with E-state index in [4.69, 9.17) is 4.74 Å². The molecule has 0 spiro atoms. The lowest BCUT2D eigenvalue weighted by Crippen LogP contribution is -2.42. The summed E-state index contributed by atoms with van der Waals surface area (Å²) in [5.41, 5.74) is 0.296. The highest BCUT2D eigenvalue weighted by atomic mass is 16.5. The zero-order valence-corrected chi connectivity index (χ0v) is 11.0. The number of pyridine rings is 1. The second-order valence-corrected chi connectivity index (χ2v) is 4.79. The van der Waals surface area contributed by atoms with Crippen LogP contribution < -0.4 is 10.1 Å². The molecule has 0 radical (unpaired) electrons. The molecule has 0 aliphatic carbocycles. The van der Waals surface area contributed by atoms with E-state index in [1.54, 1.807) is 13.3 Å². The van der Waals surface area contributed by atoms with Gasteiger partial charge in [-0.2, -0.15) is 0 Å². The average Bonchev–Trinajstić information content (AvgIpc) is 2.29. The summed E-state index contributed by atoms with van der Waals surface area (Å²) in [4.78, 5) is 4.12. The first-order valence-electron chi connectivity index (χ1n) is 5.88. The Morgan fingerprint density at radius 3 is 2.82 bits per heavy atom. The lowest BCUT2D eigenvalue weighted by atomic mass is 9.92. The number of rotatable bonds is 6. The van der Waals surface area contributed by atoms with Gasteiger partial charge in [-0.25, -0.2) is 4.98 Å². The predicted octanol–water partition coefficient (Wildman–Crippen LogP) is 1.59. The predicted molar refractivity (Wildman–Crippen MR) is 68.0 cm³/mol. The second kappa shape index (κ2) is 5.98. The molecule has 96 valence electrons. The molecular weight excluding hydrogens is 216 g/mol. The number of hydrogen-bond donors (Lipinski definition) is 2. The zero-order chi connectivity index (χ0) is 12.9. The molecule has 0 amide bonds. The first kappa shape index (κ1) is 13.9. The summed E-state index contributed by atoms with van der Waals surface area (Å²) in [5, 5.41) is 13.3. The van der Waals surface area contributed by atoms with Gasteiger partial charge in [0.15, 0.2) is 0 Å². The van der Waals surface area contributed by atoms with Gasteiger partial charge in [0.1, 0.15) is 0 Å². The van der Waals surface area contributed by atoms with Crippen LogP contribution in [0.5, 0.6) is 5.88 Å². The van der Waals surface area contributed by atoms with Crippen LogP contribution in [0.25, 0.3) is 0 Å². The molecule has 4 nitrogen and oxygen atoms in total. The summed E-state index contributed by atoms with van der Waals surface area (Å²) in [7, 11) is 1.61. The van der Waals surface area contributed by atoms with Crippen molar-refractivity contribution in [2.75, 3.05) is 13.7 Å². The fraction of sp³-hybridized carbons (Fsp3) is 0.615. The lowest BCUT2D eigenvalue weighted by molar-refractivity contribution is 0.0139. The minimum Gasteiger partial charge on any atom is -0.481 e. The molecule has 0 saturated carbocycles. The highest BCUT2D eigenvalue weighted by Crippen LogP contribution is 2.16. The number of ether oxygens (including phenoxy) is 1. The van der Waals surface area contributed by atoms with Crippen LogP contribution in [-0.4, -0.2) is 29.3 Å². The van der Waals surface area contributed by atoms with Gasteiger partial charge in [-0.3, -0.25) is 0 Å². The Morgan fingerprint density at radius 2 is 2.24 bits per heavy atom. The van der Waals surface area contributed by atoms with Gasteiger partial charge in [0.2, 0.25) is 5.88 Å². The Hall–Kier alpha value is -1.13. The Morgan fingerprint density at radius 1 is 1.53 bits per heavy atom. The van der Waals surface area contributed by atoms with E-state index in [1.165, 1.54) is 0 Å². The smallest absolute Gasteiger partial charge is 0.217 e. The number of aliphatic hydroxyl groups is 1. The van der Waals surface area contributed by atoms with Crippen LogP contribution in [-0.2, 0) is 6.54 Å². The van der Waals surface area contributed by atoms with Crippen molar-refractivity contribution >= 4 is 0 Å². The standard InChI is InChI=1S/C13H22N2O2/c1-10(2)13(3,16)9-14-8-11-6-5-7-15-12(11)17-4/h5-7,10,14,16H,8-9H2,1-4H3. The molecule has 0 aliphatic heterocycles. The van der Waals surface area contributed by atoms with Crippen LogP contribution in [0.15, 0.2) is 18.3 Å². The van der Waals surface area contributed by atoms with Crippen LogP contribution in [0, 0.1) is 5.92 Å². The van der Waals surface area contributed by atoms with Gasteiger partial charge in [0.25, 0.3) is 0 Å². The van der Waals surface area contributed by atoms with E-state index in [9.17, 15) is 5.11 Å². The number of hydrogen-bond acceptors (Lipinski definition) is 4. The van der Waals surface area contributed by atoms with Crippen molar-refractivity contribution in [3.8, 4) is 5.88 Å². The zero-order valence-electron chi connectivity index (χ0n) is 11.0. The highest BCUT2D eigenvalue weighted by Gasteiger charge is 2.24. The Labute approximate surface area is 103 Å². The van der Waals surface area contributed by atoms with Crippen LogP contribution in [0.1, 0.15) is 26.3 Å². The quantitative estimate of drug-likeness (QED) is 0.790. The van der Waals surface area contributed by atoms with E-state index in [2.05, 4.69) is 10.3 Å². The fourth-order valence-corrected chi connectivity index (χ4v) is 1.40. The molecule has 0 aromatic carbocycles. The van der Waals surface area contributed by atoms with Crippen LogP contribution in [0.2, 0.25) is 0 Å². The van der Waals surface area contributed by atoms with E-state index < -0.39 is 5.60 Å². The molecule has 0 aliphatic rings. The number of nitrogens with zero attached hydrogens (tertiary/aromatic N) is 1. The SMILES string of the molecule is COc1ncccc1CNCC(C)(O)C(C)C. The van der Waals surface area contributed by atoms with Crippen molar-refractivity contribution in [1.82, 2.24) is 10.3 Å². The van der Waals surface area contributed by atoms with Gasteiger partial charge in [0.05, 0.1) is 12.7 Å². The van der Waals surface area contributed by atoms with Crippen LogP contribution >= 0.6 is 0 Å². The van der Waals surface area contributed by atoms with Crippen LogP contribution in [0.4, 0.5) is 0 Å². The summed E-state index contributed by atoms with van der Waals surface area (Å²) in [6.07, 6.45) is 1.70. The normalized spacial score (nSPS) is 14.7. The van der Waals surface area contributed by atoms with Crippen LogP contribution in [0.3, 0.4) is 0 Å². The third-order valence-corrected chi connectivity index (χ3v) is 3.09. The molecule has 4 heteroatoms. The minimum absolute atomic E-state index is 0.214. The fourth-order valence-electron chi connectivity index (χ4n) is 1.40. The maximum absolute atomic E-state index is 10.1. The van der Waals surface area contributed by atoms with E-state index >= 15 is 0 Å². The maximum Gasteiger partial charge on any atom is 0.217 e. The summed E-state index contributed by atoms with van der Waals surface area (Å²) in [6.45, 7) is 7.03. The first-order chi connectivity index (χ1) is 7.97. The second-order valence-electron chi connectivity index (χ2n) is 4.79. The number of nitrogens with one attached hydrogen (secondary N) is 1. The first-order valence-corrected chi connectivity index (χ1v) is 5.88. The van der Waals surface area contributed by atoms with Crippen molar-refractivity contribution in [2.24, 2.45) is 5.92 Å².